The van der Waals surface area contributed by atoms with Gasteiger partial charge in [0, 0.05) is 17.4 Å². The molecule has 2 aromatic rings. The Bertz CT molecular complexity index is 515. The van der Waals surface area contributed by atoms with E-state index in [1.54, 1.807) is 23.9 Å². The normalized spacial score (nSPS) is 12.6. The molecule has 6 heteroatoms. The molecule has 0 aliphatic rings. The molecule has 0 fully saturated rings. The van der Waals surface area contributed by atoms with E-state index in [4.69, 9.17) is 10.3 Å². The summed E-state index contributed by atoms with van der Waals surface area (Å²) in [4.78, 5) is 4.27. The van der Waals surface area contributed by atoms with E-state index >= 15 is 0 Å². The predicted octanol–water partition coefficient (Wildman–Crippen LogP) is 2.85. The zero-order valence-corrected chi connectivity index (χ0v) is 11.5. The Morgan fingerprint density at radius 1 is 1.37 bits per heavy atom. The maximum absolute atomic E-state index is 12.8. The van der Waals surface area contributed by atoms with Gasteiger partial charge in [-0.2, -0.15) is 16.7 Å². The van der Waals surface area contributed by atoms with Crippen LogP contribution in [0.3, 0.4) is 0 Å². The first-order valence-electron chi connectivity index (χ1n) is 6.11. The van der Waals surface area contributed by atoms with Gasteiger partial charge in [-0.25, -0.2) is 4.39 Å². The van der Waals surface area contributed by atoms with Crippen LogP contribution in [0.25, 0.3) is 11.4 Å². The quantitative estimate of drug-likeness (QED) is 0.882. The number of benzene rings is 1. The van der Waals surface area contributed by atoms with E-state index in [0.29, 0.717) is 17.5 Å². The van der Waals surface area contributed by atoms with Gasteiger partial charge in [0.05, 0.1) is 5.75 Å². The van der Waals surface area contributed by atoms with Crippen molar-refractivity contribution in [1.29, 1.82) is 0 Å². The van der Waals surface area contributed by atoms with Gasteiger partial charge in [-0.1, -0.05) is 12.1 Å². The third kappa shape index (κ3) is 4.04. The molecule has 19 heavy (non-hydrogen) atoms. The van der Waals surface area contributed by atoms with Gasteiger partial charge in [-0.15, -0.1) is 0 Å². The second-order valence-electron chi connectivity index (χ2n) is 4.20. The first kappa shape index (κ1) is 14.0. The monoisotopic (exact) mass is 281 g/mol. The molecule has 0 spiro atoms. The van der Waals surface area contributed by atoms with Gasteiger partial charge in [0.15, 0.2) is 0 Å². The van der Waals surface area contributed by atoms with Gasteiger partial charge in [-0.3, -0.25) is 0 Å². The highest BCUT2D eigenvalue weighted by molar-refractivity contribution is 7.98. The molecule has 0 bridgehead atoms. The largest absolute Gasteiger partial charge is 0.338 e. The summed E-state index contributed by atoms with van der Waals surface area (Å²) in [6.45, 7) is 2.06. The highest BCUT2D eigenvalue weighted by Crippen LogP contribution is 2.18. The second kappa shape index (κ2) is 6.68. The Morgan fingerprint density at radius 3 is 2.79 bits per heavy atom. The van der Waals surface area contributed by atoms with Crippen LogP contribution in [0.1, 0.15) is 19.2 Å². The first-order chi connectivity index (χ1) is 9.19. The Hall–Kier alpha value is -1.40. The molecule has 0 amide bonds. The van der Waals surface area contributed by atoms with Gasteiger partial charge < -0.3 is 10.3 Å². The third-order valence-corrected chi connectivity index (χ3v) is 3.77. The van der Waals surface area contributed by atoms with Crippen LogP contribution in [0.2, 0.25) is 0 Å². The molecule has 1 heterocycles. The lowest BCUT2D eigenvalue weighted by atomic mass is 10.2. The van der Waals surface area contributed by atoms with Crippen LogP contribution in [-0.4, -0.2) is 21.9 Å². The second-order valence-corrected chi connectivity index (χ2v) is 5.23. The van der Waals surface area contributed by atoms with E-state index in [1.807, 2.05) is 0 Å². The minimum Gasteiger partial charge on any atom is -0.338 e. The lowest BCUT2D eigenvalue weighted by molar-refractivity contribution is 0.391. The minimum absolute atomic E-state index is 0.199. The molecule has 2 N–H and O–H groups in total. The predicted molar refractivity (Wildman–Crippen MR) is 74.1 cm³/mol. The van der Waals surface area contributed by atoms with Crippen molar-refractivity contribution in [3.8, 4) is 11.4 Å². The number of thioether (sulfide) groups is 1. The van der Waals surface area contributed by atoms with E-state index in [0.717, 1.165) is 17.7 Å². The van der Waals surface area contributed by atoms with Crippen molar-refractivity contribution < 1.29 is 8.91 Å². The van der Waals surface area contributed by atoms with Gasteiger partial charge in [-0.05, 0) is 30.7 Å². The number of nitrogens with zero attached hydrogens (tertiary/aromatic N) is 2. The molecule has 0 saturated carbocycles. The topological polar surface area (TPSA) is 64.9 Å². The average Bonchev–Trinajstić information content (AvgIpc) is 2.88. The number of halogens is 1. The number of rotatable bonds is 6. The van der Waals surface area contributed by atoms with Crippen molar-refractivity contribution in [3.63, 3.8) is 0 Å². The Labute approximate surface area is 115 Å². The van der Waals surface area contributed by atoms with Crippen LogP contribution in [-0.2, 0) is 5.75 Å². The highest BCUT2D eigenvalue weighted by Gasteiger charge is 2.09. The fourth-order valence-electron chi connectivity index (χ4n) is 1.45. The molecule has 1 aromatic carbocycles. The molecule has 2 rings (SSSR count). The summed E-state index contributed by atoms with van der Waals surface area (Å²) in [6, 6.07) is 6.21. The third-order valence-electron chi connectivity index (χ3n) is 2.65. The van der Waals surface area contributed by atoms with Gasteiger partial charge >= 0.3 is 0 Å². The van der Waals surface area contributed by atoms with Crippen LogP contribution in [0.4, 0.5) is 4.39 Å². The number of nitrogens with two attached hydrogens (primary N) is 1. The Balaban J connectivity index is 1.93. The number of hydrogen-bond acceptors (Lipinski definition) is 5. The molecule has 0 aliphatic carbocycles. The summed E-state index contributed by atoms with van der Waals surface area (Å²) >= 11 is 1.67. The molecule has 0 aliphatic heterocycles. The standard InChI is InChI=1S/C13H16FN3OS/c1-2-11(15)7-19-8-12-16-13(17-18-12)9-3-5-10(14)6-4-9/h3-6,11H,2,7-8,15H2,1H3. The van der Waals surface area contributed by atoms with E-state index in [2.05, 4.69) is 17.1 Å². The highest BCUT2D eigenvalue weighted by atomic mass is 32.2. The lowest BCUT2D eigenvalue weighted by Gasteiger charge is -2.05. The van der Waals surface area contributed by atoms with E-state index in [-0.39, 0.29) is 11.9 Å². The first-order valence-corrected chi connectivity index (χ1v) is 7.26. The molecule has 1 unspecified atom stereocenters. The molecule has 102 valence electrons. The fraction of sp³-hybridized carbons (Fsp3) is 0.385. The van der Waals surface area contributed by atoms with Crippen LogP contribution < -0.4 is 5.73 Å². The van der Waals surface area contributed by atoms with Crippen molar-refractivity contribution in [1.82, 2.24) is 10.1 Å². The fourth-order valence-corrected chi connectivity index (χ4v) is 2.39. The van der Waals surface area contributed by atoms with Gasteiger partial charge in [0.2, 0.25) is 11.7 Å². The molecular formula is C13H16FN3OS. The van der Waals surface area contributed by atoms with Crippen LogP contribution in [0.15, 0.2) is 28.8 Å². The molecule has 4 nitrogen and oxygen atoms in total. The van der Waals surface area contributed by atoms with E-state index in [9.17, 15) is 4.39 Å². The maximum Gasteiger partial charge on any atom is 0.236 e. The summed E-state index contributed by atoms with van der Waals surface area (Å²) in [7, 11) is 0. The Kier molecular flexibility index (Phi) is 4.93. The lowest BCUT2D eigenvalue weighted by Crippen LogP contribution is -2.21. The van der Waals surface area contributed by atoms with Crippen molar-refractivity contribution in [2.75, 3.05) is 5.75 Å². The minimum atomic E-state index is -0.281. The molecule has 1 atom stereocenters. The van der Waals surface area contributed by atoms with Crippen LogP contribution >= 0.6 is 11.8 Å². The molecule has 0 radical (unpaired) electrons. The SMILES string of the molecule is CCC(N)CSCc1nc(-c2ccc(F)cc2)no1. The summed E-state index contributed by atoms with van der Waals surface area (Å²) in [6.07, 6.45) is 0.956. The van der Waals surface area contributed by atoms with Crippen molar-refractivity contribution in [3.05, 3.63) is 36.0 Å². The van der Waals surface area contributed by atoms with E-state index < -0.39 is 0 Å². The summed E-state index contributed by atoms with van der Waals surface area (Å²) in [5, 5.41) is 3.88. The van der Waals surface area contributed by atoms with Crippen molar-refractivity contribution in [2.24, 2.45) is 5.73 Å². The van der Waals surface area contributed by atoms with Crippen molar-refractivity contribution in [2.45, 2.75) is 25.1 Å². The molecule has 0 saturated heterocycles. The van der Waals surface area contributed by atoms with Crippen LogP contribution in [0, 0.1) is 5.82 Å². The van der Waals surface area contributed by atoms with Gasteiger partial charge in [0.25, 0.3) is 0 Å². The zero-order valence-electron chi connectivity index (χ0n) is 10.7. The van der Waals surface area contributed by atoms with E-state index in [1.165, 1.54) is 12.1 Å². The van der Waals surface area contributed by atoms with Crippen molar-refractivity contribution >= 4 is 11.8 Å². The molecule has 1 aromatic heterocycles. The number of hydrogen-bond donors (Lipinski definition) is 1. The smallest absolute Gasteiger partial charge is 0.236 e. The van der Waals surface area contributed by atoms with Gasteiger partial charge in [0.1, 0.15) is 5.82 Å². The summed E-state index contributed by atoms with van der Waals surface area (Å²) in [5.41, 5.74) is 6.57. The summed E-state index contributed by atoms with van der Waals surface area (Å²) < 4.78 is 18.0. The average molecular weight is 281 g/mol. The molecular weight excluding hydrogens is 265 g/mol. The maximum atomic E-state index is 12.8. The zero-order chi connectivity index (χ0) is 13.7. The summed E-state index contributed by atoms with van der Waals surface area (Å²) in [5.74, 6) is 2.27. The Morgan fingerprint density at radius 2 is 2.11 bits per heavy atom. The van der Waals surface area contributed by atoms with Crippen LogP contribution in [0.5, 0.6) is 0 Å². The number of aromatic nitrogens is 2.